The van der Waals surface area contributed by atoms with Gasteiger partial charge in [-0.05, 0) is 36.6 Å². The summed E-state index contributed by atoms with van der Waals surface area (Å²) >= 11 is 8.66. The van der Waals surface area contributed by atoms with Gasteiger partial charge in [-0.25, -0.2) is 0 Å². The van der Waals surface area contributed by atoms with Crippen LogP contribution in [0.1, 0.15) is 19.8 Å². The molecule has 1 amide bonds. The fourth-order valence-electron chi connectivity index (χ4n) is 5.13. The minimum absolute atomic E-state index is 0.0857. The zero-order chi connectivity index (χ0) is 37.4. The molecule has 3 aromatic rings. The van der Waals surface area contributed by atoms with Crippen molar-refractivity contribution in [3.63, 3.8) is 0 Å². The number of hydrogen-bond acceptors (Lipinski definition) is 14. The van der Waals surface area contributed by atoms with E-state index in [0.29, 0.717) is 33.7 Å². The normalized spacial score (nSPS) is 17.7. The number of aliphatic carboxylic acids is 3. The van der Waals surface area contributed by atoms with Gasteiger partial charge in [0.2, 0.25) is 0 Å². The molecule has 1 aromatic carbocycles. The van der Waals surface area contributed by atoms with Gasteiger partial charge in [-0.3, -0.25) is 47.4 Å². The van der Waals surface area contributed by atoms with Gasteiger partial charge in [0.15, 0.2) is 0 Å². The Labute approximate surface area is 308 Å². The van der Waals surface area contributed by atoms with Crippen molar-refractivity contribution >= 4 is 113 Å². The molecule has 2 aliphatic heterocycles. The second kappa shape index (κ2) is 15.3. The molecule has 5 rings (SSSR count). The Morgan fingerprint density at radius 2 is 1.49 bits per heavy atom. The number of hydrogen-bond donors (Lipinski definition) is 4. The Morgan fingerprint density at radius 1 is 0.863 bits per heavy atom. The second-order valence-electron chi connectivity index (χ2n) is 10.7. The van der Waals surface area contributed by atoms with Gasteiger partial charge in [0.25, 0.3) is 27.1 Å². The van der Waals surface area contributed by atoms with Crippen LogP contribution < -0.4 is 25.2 Å². The lowest BCUT2D eigenvalue weighted by Crippen LogP contribution is -2.35. The third-order valence-electron chi connectivity index (χ3n) is 7.28. The van der Waals surface area contributed by atoms with Gasteiger partial charge in [0.05, 0.1) is 21.0 Å². The molecule has 0 spiro atoms. The van der Waals surface area contributed by atoms with Crippen LogP contribution in [0.5, 0.6) is 0 Å². The van der Waals surface area contributed by atoms with Gasteiger partial charge in [-0.2, -0.15) is 8.42 Å². The molecule has 1 saturated heterocycles. The van der Waals surface area contributed by atoms with E-state index in [1.165, 1.54) is 11.8 Å². The molecular weight excluding hydrogens is 789 g/mol. The summed E-state index contributed by atoms with van der Waals surface area (Å²) in [4.78, 5) is 79.4. The number of thiocarbonyl (C=S) groups is 1. The summed E-state index contributed by atoms with van der Waals surface area (Å²) in [5.41, 5.74) is -0.427. The fraction of sp³-hybridized carbons (Fsp3) is 0.276. The van der Waals surface area contributed by atoms with Crippen molar-refractivity contribution in [3.05, 3.63) is 74.5 Å². The number of para-hydroxylation sites is 1. The van der Waals surface area contributed by atoms with Crippen LogP contribution in [0.3, 0.4) is 0 Å². The van der Waals surface area contributed by atoms with Gasteiger partial charge in [-0.1, -0.05) is 54.8 Å². The molecule has 0 atom stereocenters. The maximum Gasteiger partial charge on any atom is 0.323 e. The highest BCUT2D eigenvalue weighted by Crippen LogP contribution is 2.46. The number of carbonyl (C=O) groups excluding carboxylic acids is 1. The fourth-order valence-corrected chi connectivity index (χ4v) is 10.7. The third-order valence-corrected chi connectivity index (χ3v) is 13.3. The van der Waals surface area contributed by atoms with Crippen LogP contribution in [0.15, 0.2) is 49.9 Å². The van der Waals surface area contributed by atoms with Crippen LogP contribution in [0, 0.1) is 9.20 Å². The molecule has 22 heteroatoms. The largest absolute Gasteiger partial charge is 0.480 e. The van der Waals surface area contributed by atoms with Crippen molar-refractivity contribution in [2.24, 2.45) is 0 Å². The maximum absolute atomic E-state index is 13.9. The number of amides is 1. The zero-order valence-electron chi connectivity index (χ0n) is 26.1. The first-order chi connectivity index (χ1) is 24.0. The Bertz CT molecular complexity index is 2500. The average Bonchev–Trinajstić information content (AvgIpc) is 3.73. The van der Waals surface area contributed by atoms with Crippen LogP contribution in [-0.4, -0.2) is 89.3 Å². The number of nitrogens with zero attached hydrogens (tertiary/aromatic N) is 4. The first kappa shape index (κ1) is 38.2. The number of rotatable bonds is 12. The predicted molar refractivity (Wildman–Crippen MR) is 195 cm³/mol. The summed E-state index contributed by atoms with van der Waals surface area (Å²) in [6, 6.07) is 7.32. The van der Waals surface area contributed by atoms with Gasteiger partial charge >= 0.3 is 17.9 Å². The Kier molecular flexibility index (Phi) is 11.4. The van der Waals surface area contributed by atoms with E-state index < -0.39 is 70.4 Å². The van der Waals surface area contributed by atoms with E-state index in [4.69, 9.17) is 12.2 Å². The number of allylic oxidation sites excluding steroid dienone is 1. The monoisotopic (exact) mass is 814 g/mol. The molecule has 51 heavy (non-hydrogen) atoms. The van der Waals surface area contributed by atoms with Crippen molar-refractivity contribution in [2.75, 3.05) is 23.7 Å². The minimum Gasteiger partial charge on any atom is -0.480 e. The van der Waals surface area contributed by atoms with Gasteiger partial charge in [0, 0.05) is 11.4 Å². The van der Waals surface area contributed by atoms with E-state index >= 15 is 0 Å². The molecule has 0 unspecified atom stereocenters. The zero-order valence-corrected chi connectivity index (χ0v) is 31.0. The van der Waals surface area contributed by atoms with Gasteiger partial charge < -0.3 is 20.2 Å². The van der Waals surface area contributed by atoms with Crippen LogP contribution in [0.2, 0.25) is 0 Å². The molecule has 0 bridgehead atoms. The van der Waals surface area contributed by atoms with Crippen LogP contribution >= 0.6 is 58.4 Å². The Hall–Kier alpha value is -4.06. The van der Waals surface area contributed by atoms with Crippen LogP contribution in [0.25, 0.3) is 10.5 Å². The third kappa shape index (κ3) is 8.21. The SMILES string of the molecule is CCC(/C=C1\Sc2ccccc2N1CCCS(=O)(=O)O)=c1\s/c(=c2/s/c(=C3/SC(=S)N(CC(=O)O)C3=O)n(CC(=O)O)c2=O)n(CC(=O)O)c1=O. The van der Waals surface area contributed by atoms with Crippen molar-refractivity contribution in [1.82, 2.24) is 14.0 Å². The van der Waals surface area contributed by atoms with E-state index in [-0.39, 0.29) is 47.0 Å². The average molecular weight is 815 g/mol. The number of fused-ring (bicyclic) bond motifs is 1. The Balaban J connectivity index is 1.79. The number of benzene rings is 1. The lowest BCUT2D eigenvalue weighted by Gasteiger charge is -2.20. The first-order valence-electron chi connectivity index (χ1n) is 14.6. The molecule has 16 nitrogen and oxygen atoms in total. The molecule has 2 aliphatic rings. The molecule has 1 fully saturated rings. The lowest BCUT2D eigenvalue weighted by atomic mass is 10.2. The first-order valence-corrected chi connectivity index (χ1v) is 19.9. The standard InChI is InChI=1S/C29H26N4O12S6/c1-2-14(10-17-30(8-5-9-51(43,44)45)15-6-3-4-7-16(15)47-17)21-24(40)31(11-18(34)35)27(48-21)22-25(41)32(12-19(36)37)28(49-22)23-26(42)33(13-20(38)39)29(46)50-23/h3-4,6-7,10H,2,5,8-9,11-13H2,1H3,(H,34,35)(H,36,37)(H,38,39)(H,43,44,45)/b17-10-,21-14+,27-22+,28-23+. The second-order valence-corrected chi connectivity index (χ2v) is 17.0. The highest BCUT2D eigenvalue weighted by atomic mass is 32.2. The lowest BCUT2D eigenvalue weighted by molar-refractivity contribution is -0.140. The molecule has 4 N–H and O–H groups in total. The number of anilines is 1. The summed E-state index contributed by atoms with van der Waals surface area (Å²) < 4.78 is 33.2. The summed E-state index contributed by atoms with van der Waals surface area (Å²) in [7, 11) is -4.22. The number of carbonyl (C=O) groups is 4. The van der Waals surface area contributed by atoms with Gasteiger partial charge in [0.1, 0.15) is 42.7 Å². The highest BCUT2D eigenvalue weighted by Gasteiger charge is 2.35. The molecule has 0 aliphatic carbocycles. The highest BCUT2D eigenvalue weighted by molar-refractivity contribution is 8.30. The number of thioether (sulfide) groups is 2. The molecule has 0 radical (unpaired) electrons. The van der Waals surface area contributed by atoms with E-state index in [9.17, 15) is 57.1 Å². The smallest absolute Gasteiger partial charge is 0.323 e. The molecule has 2 aromatic heterocycles. The van der Waals surface area contributed by atoms with Crippen LogP contribution in [0.4, 0.5) is 5.69 Å². The molecular formula is C29H26N4O12S6. The molecule has 4 heterocycles. The van der Waals surface area contributed by atoms with Crippen molar-refractivity contribution in [3.8, 4) is 0 Å². The summed E-state index contributed by atoms with van der Waals surface area (Å²) in [6.07, 6.45) is 2.06. The topological polar surface area (TPSA) is 234 Å². The summed E-state index contributed by atoms with van der Waals surface area (Å²) in [5.74, 6) is -5.54. The van der Waals surface area contributed by atoms with Crippen molar-refractivity contribution < 1.29 is 47.5 Å². The van der Waals surface area contributed by atoms with E-state index in [2.05, 4.69) is 0 Å². The number of carboxylic acid groups (broad SMARTS) is 3. The predicted octanol–water partition coefficient (Wildman–Crippen LogP) is 0.935. The summed E-state index contributed by atoms with van der Waals surface area (Å²) in [6.45, 7) is -0.564. The Morgan fingerprint density at radius 3 is 2.10 bits per heavy atom. The molecule has 270 valence electrons. The summed E-state index contributed by atoms with van der Waals surface area (Å²) in [5, 5.41) is 29.2. The number of carboxylic acids is 3. The van der Waals surface area contributed by atoms with E-state index in [0.717, 1.165) is 36.0 Å². The van der Waals surface area contributed by atoms with Crippen molar-refractivity contribution in [1.29, 1.82) is 0 Å². The van der Waals surface area contributed by atoms with Gasteiger partial charge in [-0.15, -0.1) is 22.7 Å². The van der Waals surface area contributed by atoms with Crippen LogP contribution in [-0.2, 0) is 42.4 Å². The molecule has 0 saturated carbocycles. The van der Waals surface area contributed by atoms with Crippen molar-refractivity contribution in [2.45, 2.75) is 37.8 Å². The quantitative estimate of drug-likeness (QED) is 0.147. The minimum atomic E-state index is -4.22. The maximum atomic E-state index is 13.9. The number of aromatic nitrogens is 2. The van der Waals surface area contributed by atoms with E-state index in [1.807, 2.05) is 23.1 Å². The number of thiazole rings is 2. The van der Waals surface area contributed by atoms with E-state index in [1.54, 1.807) is 19.1 Å².